The van der Waals surface area contributed by atoms with Crippen LogP contribution in [0.4, 0.5) is 0 Å². The zero-order valence-corrected chi connectivity index (χ0v) is 15.4. The molecule has 1 aliphatic rings. The van der Waals surface area contributed by atoms with E-state index in [0.717, 1.165) is 18.4 Å². The molecule has 1 N–H and O–H groups in total. The van der Waals surface area contributed by atoms with Crippen molar-refractivity contribution < 1.29 is 14.4 Å². The monoisotopic (exact) mass is 339 g/mol. The van der Waals surface area contributed by atoms with Gasteiger partial charge >= 0.3 is 0 Å². The molecule has 0 amide bonds. The maximum absolute atomic E-state index is 12.9. The third-order valence-corrected chi connectivity index (χ3v) is 5.90. The quantitative estimate of drug-likeness (QED) is 0.838. The Hall–Kier alpha value is -0.590. The molecule has 23 heavy (non-hydrogen) atoms. The highest BCUT2D eigenvalue weighted by Crippen LogP contribution is 2.26. The predicted octanol–water partition coefficient (Wildman–Crippen LogP) is 2.88. The summed E-state index contributed by atoms with van der Waals surface area (Å²) in [6, 6.07) is 10.1. The van der Waals surface area contributed by atoms with Crippen LogP contribution in [0.3, 0.4) is 0 Å². The first-order valence-electron chi connectivity index (χ1n) is 8.32. The summed E-state index contributed by atoms with van der Waals surface area (Å²) in [7, 11) is 0. The summed E-state index contributed by atoms with van der Waals surface area (Å²) in [5.41, 5.74) is 1.15. The number of aliphatic hydroxyl groups is 1. The van der Waals surface area contributed by atoms with Gasteiger partial charge in [-0.3, -0.25) is 0 Å². The van der Waals surface area contributed by atoms with E-state index < -0.39 is 11.4 Å². The molecule has 0 aliphatic carbocycles. The SMILES string of the molecule is CC1O[C@H](CN(Cc2ccccc2)[S+]([O-])C(C)(C)C)CCC1O. The number of ether oxygens (including phenoxy) is 1. The van der Waals surface area contributed by atoms with Crippen LogP contribution in [0.1, 0.15) is 46.1 Å². The van der Waals surface area contributed by atoms with Crippen LogP contribution >= 0.6 is 0 Å². The first-order valence-corrected chi connectivity index (χ1v) is 9.42. The average molecular weight is 340 g/mol. The zero-order chi connectivity index (χ0) is 17.0. The Labute approximate surface area is 143 Å². The molecule has 0 spiro atoms. The van der Waals surface area contributed by atoms with Gasteiger partial charge in [0.2, 0.25) is 0 Å². The van der Waals surface area contributed by atoms with Crippen LogP contribution in [-0.4, -0.2) is 43.6 Å². The Morgan fingerprint density at radius 2 is 1.91 bits per heavy atom. The van der Waals surface area contributed by atoms with Gasteiger partial charge in [0.15, 0.2) is 0 Å². The summed E-state index contributed by atoms with van der Waals surface area (Å²) < 4.78 is 20.5. The highest BCUT2D eigenvalue weighted by atomic mass is 32.2. The van der Waals surface area contributed by atoms with Crippen LogP contribution in [0.25, 0.3) is 0 Å². The highest BCUT2D eigenvalue weighted by Gasteiger charge is 2.36. The summed E-state index contributed by atoms with van der Waals surface area (Å²) in [4.78, 5) is 0. The minimum atomic E-state index is -1.11. The molecule has 1 fully saturated rings. The molecule has 0 aromatic heterocycles. The van der Waals surface area contributed by atoms with Gasteiger partial charge in [-0.1, -0.05) is 30.3 Å². The Kier molecular flexibility index (Phi) is 6.51. The molecule has 1 heterocycles. The Bertz CT molecular complexity index is 477. The molecule has 130 valence electrons. The van der Waals surface area contributed by atoms with Crippen LogP contribution in [0.15, 0.2) is 30.3 Å². The first-order chi connectivity index (χ1) is 10.8. The van der Waals surface area contributed by atoms with Gasteiger partial charge in [0.25, 0.3) is 0 Å². The normalized spacial score (nSPS) is 27.2. The van der Waals surface area contributed by atoms with Gasteiger partial charge < -0.3 is 14.4 Å². The Morgan fingerprint density at radius 1 is 1.26 bits per heavy atom. The molecule has 1 saturated heterocycles. The van der Waals surface area contributed by atoms with Crippen molar-refractivity contribution in [3.05, 3.63) is 35.9 Å². The van der Waals surface area contributed by atoms with Gasteiger partial charge in [-0.15, -0.1) is 4.31 Å². The number of aliphatic hydroxyl groups excluding tert-OH is 1. The first kappa shape index (κ1) is 18.7. The summed E-state index contributed by atoms with van der Waals surface area (Å²) in [6.45, 7) is 9.15. The van der Waals surface area contributed by atoms with Gasteiger partial charge in [0, 0.05) is 11.4 Å². The van der Waals surface area contributed by atoms with Crippen molar-refractivity contribution in [2.24, 2.45) is 0 Å². The van der Waals surface area contributed by atoms with Gasteiger partial charge in [-0.25, -0.2) is 0 Å². The smallest absolute Gasteiger partial charge is 0.137 e. The fraction of sp³-hybridized carbons (Fsp3) is 0.667. The molecule has 1 aromatic rings. The molecule has 0 saturated carbocycles. The van der Waals surface area contributed by atoms with Crippen LogP contribution in [-0.2, 0) is 22.6 Å². The summed E-state index contributed by atoms with van der Waals surface area (Å²) >= 11 is -1.11. The van der Waals surface area contributed by atoms with E-state index in [1.807, 2.05) is 50.2 Å². The van der Waals surface area contributed by atoms with Gasteiger partial charge in [0.05, 0.1) is 31.4 Å². The van der Waals surface area contributed by atoms with Crippen LogP contribution in [0, 0.1) is 0 Å². The lowest BCUT2D eigenvalue weighted by molar-refractivity contribution is -0.111. The van der Waals surface area contributed by atoms with Crippen LogP contribution in [0.2, 0.25) is 0 Å². The molecule has 4 nitrogen and oxygen atoms in total. The largest absolute Gasteiger partial charge is 0.597 e. The number of hydrogen-bond donors (Lipinski definition) is 1. The maximum atomic E-state index is 12.9. The van der Waals surface area contributed by atoms with Gasteiger partial charge in [-0.05, 0) is 46.1 Å². The molecule has 3 unspecified atom stereocenters. The van der Waals surface area contributed by atoms with E-state index in [2.05, 4.69) is 12.1 Å². The van der Waals surface area contributed by atoms with Gasteiger partial charge in [-0.2, -0.15) is 0 Å². The minimum absolute atomic E-state index is 0.0170. The molecule has 1 aromatic carbocycles. The van der Waals surface area contributed by atoms with Crippen molar-refractivity contribution in [3.63, 3.8) is 0 Å². The van der Waals surface area contributed by atoms with E-state index in [1.54, 1.807) is 0 Å². The average Bonchev–Trinajstić information content (AvgIpc) is 2.49. The maximum Gasteiger partial charge on any atom is 0.137 e. The fourth-order valence-electron chi connectivity index (χ4n) is 2.78. The van der Waals surface area contributed by atoms with E-state index in [4.69, 9.17) is 4.74 Å². The molecule has 1 aliphatic heterocycles. The number of benzene rings is 1. The van der Waals surface area contributed by atoms with E-state index in [9.17, 15) is 9.66 Å². The van der Waals surface area contributed by atoms with Crippen molar-refractivity contribution in [2.45, 2.75) is 70.1 Å². The topological polar surface area (TPSA) is 55.8 Å². The van der Waals surface area contributed by atoms with Crippen molar-refractivity contribution >= 4 is 11.4 Å². The Morgan fingerprint density at radius 3 is 2.48 bits per heavy atom. The number of nitrogens with zero attached hydrogens (tertiary/aromatic N) is 1. The van der Waals surface area contributed by atoms with E-state index in [0.29, 0.717) is 13.1 Å². The molecule has 5 heteroatoms. The van der Waals surface area contributed by atoms with Crippen molar-refractivity contribution in [3.8, 4) is 0 Å². The second-order valence-electron chi connectivity index (χ2n) is 7.28. The summed E-state index contributed by atoms with van der Waals surface area (Å²) in [5, 5.41) is 9.80. The summed E-state index contributed by atoms with van der Waals surface area (Å²) in [5.74, 6) is 0. The van der Waals surface area contributed by atoms with Crippen molar-refractivity contribution in [1.29, 1.82) is 0 Å². The molecule has 0 radical (unpaired) electrons. The summed E-state index contributed by atoms with van der Waals surface area (Å²) in [6.07, 6.45) is 1.02. The molecule has 4 atom stereocenters. The molecular formula is C18H29NO3S. The second kappa shape index (κ2) is 7.99. The van der Waals surface area contributed by atoms with Crippen LogP contribution in [0.5, 0.6) is 0 Å². The lowest BCUT2D eigenvalue weighted by atomic mass is 10.0. The standard InChI is InChI=1S/C18H29NO3S/c1-14-17(20)11-10-16(22-14)13-19(23(21)18(2,3)4)12-15-8-6-5-7-9-15/h5-9,14,16-17,20H,10-13H2,1-4H3/t14?,16-,17?,23?/m0/s1. The van der Waals surface area contributed by atoms with Crippen molar-refractivity contribution in [1.82, 2.24) is 4.31 Å². The lowest BCUT2D eigenvalue weighted by Gasteiger charge is -2.37. The number of rotatable bonds is 5. The minimum Gasteiger partial charge on any atom is -0.597 e. The van der Waals surface area contributed by atoms with E-state index in [1.165, 1.54) is 0 Å². The fourth-order valence-corrected chi connectivity index (χ4v) is 4.12. The highest BCUT2D eigenvalue weighted by molar-refractivity contribution is 7.90. The second-order valence-corrected chi connectivity index (χ2v) is 9.52. The van der Waals surface area contributed by atoms with Crippen molar-refractivity contribution in [2.75, 3.05) is 6.54 Å². The third-order valence-electron chi connectivity index (χ3n) is 4.10. The van der Waals surface area contributed by atoms with E-state index >= 15 is 0 Å². The third kappa shape index (κ3) is 5.47. The predicted molar refractivity (Wildman–Crippen MR) is 94.3 cm³/mol. The van der Waals surface area contributed by atoms with Crippen LogP contribution < -0.4 is 0 Å². The molecular weight excluding hydrogens is 310 g/mol. The number of hydrogen-bond acceptors (Lipinski definition) is 4. The molecule has 0 bridgehead atoms. The zero-order valence-electron chi connectivity index (χ0n) is 14.6. The Balaban J connectivity index is 2.07. The van der Waals surface area contributed by atoms with E-state index in [-0.39, 0.29) is 23.1 Å². The molecule has 2 rings (SSSR count). The van der Waals surface area contributed by atoms with Gasteiger partial charge in [0.1, 0.15) is 4.75 Å². The lowest BCUT2D eigenvalue weighted by Crippen LogP contribution is -2.48.